The van der Waals surface area contributed by atoms with E-state index in [2.05, 4.69) is 25.9 Å². The minimum Gasteiger partial charge on any atom is -0.493 e. The number of amides is 1. The topological polar surface area (TPSA) is 133 Å². The number of ether oxygens (including phenoxy) is 4. The van der Waals surface area contributed by atoms with E-state index in [4.69, 9.17) is 30.5 Å². The number of nitrogens with zero attached hydrogens (tertiary/aromatic N) is 2. The van der Waals surface area contributed by atoms with Gasteiger partial charge >= 0.3 is 12.1 Å². The quantitative estimate of drug-likeness (QED) is 0.177. The van der Waals surface area contributed by atoms with E-state index >= 15 is 0 Å². The molecule has 13 heteroatoms. The van der Waals surface area contributed by atoms with Crippen LogP contribution in [0.25, 0.3) is 10.9 Å². The van der Waals surface area contributed by atoms with Crippen molar-refractivity contribution >= 4 is 46.1 Å². The van der Waals surface area contributed by atoms with Gasteiger partial charge in [-0.05, 0) is 70.6 Å². The molecular formula is C31H39ClFN5O6. The molecule has 44 heavy (non-hydrogen) atoms. The van der Waals surface area contributed by atoms with Crippen LogP contribution in [0.1, 0.15) is 46.5 Å². The fourth-order valence-electron chi connectivity index (χ4n) is 5.14. The zero-order valence-corrected chi connectivity index (χ0v) is 26.3. The van der Waals surface area contributed by atoms with Gasteiger partial charge in [0.15, 0.2) is 17.3 Å². The molecule has 0 spiro atoms. The number of alkyl carbamates (subject to hydrolysis) is 1. The molecule has 1 saturated carbocycles. The van der Waals surface area contributed by atoms with Crippen molar-refractivity contribution in [3.05, 3.63) is 47.5 Å². The van der Waals surface area contributed by atoms with Crippen molar-refractivity contribution in [2.75, 3.05) is 32.6 Å². The first-order valence-corrected chi connectivity index (χ1v) is 14.9. The van der Waals surface area contributed by atoms with E-state index in [-0.39, 0.29) is 28.7 Å². The van der Waals surface area contributed by atoms with Crippen molar-refractivity contribution in [2.24, 2.45) is 5.92 Å². The molecule has 0 bridgehead atoms. The summed E-state index contributed by atoms with van der Waals surface area (Å²) in [6.45, 7) is 6.06. The smallest absolute Gasteiger partial charge is 0.407 e. The van der Waals surface area contributed by atoms with Crippen LogP contribution in [0.4, 0.5) is 20.7 Å². The Hall–Kier alpha value is -3.90. The normalized spacial score (nSPS) is 17.4. The van der Waals surface area contributed by atoms with Crippen LogP contribution in [-0.2, 0) is 14.3 Å². The highest BCUT2D eigenvalue weighted by atomic mass is 35.5. The predicted octanol–water partition coefficient (Wildman–Crippen LogP) is 5.77. The van der Waals surface area contributed by atoms with Gasteiger partial charge in [-0.15, -0.1) is 0 Å². The molecule has 0 unspecified atom stereocenters. The van der Waals surface area contributed by atoms with Crippen LogP contribution in [0, 0.1) is 11.7 Å². The largest absolute Gasteiger partial charge is 0.493 e. The van der Waals surface area contributed by atoms with Crippen LogP contribution in [-0.4, -0.2) is 67.1 Å². The number of aromatic nitrogens is 2. The van der Waals surface area contributed by atoms with Crippen LogP contribution in [0.15, 0.2) is 36.7 Å². The van der Waals surface area contributed by atoms with Gasteiger partial charge in [0.2, 0.25) is 0 Å². The van der Waals surface area contributed by atoms with E-state index < -0.39 is 23.6 Å². The van der Waals surface area contributed by atoms with E-state index in [1.54, 1.807) is 52.1 Å². The number of halogens is 2. The summed E-state index contributed by atoms with van der Waals surface area (Å²) < 4.78 is 36.9. The zero-order chi connectivity index (χ0) is 31.9. The number of rotatable bonds is 11. The molecule has 238 valence electrons. The Kier molecular flexibility index (Phi) is 11.0. The van der Waals surface area contributed by atoms with E-state index in [1.165, 1.54) is 19.5 Å². The van der Waals surface area contributed by atoms with Gasteiger partial charge < -0.3 is 34.9 Å². The molecule has 1 aromatic heterocycles. The summed E-state index contributed by atoms with van der Waals surface area (Å²) in [6, 6.07) is 7.70. The van der Waals surface area contributed by atoms with Gasteiger partial charge in [-0.3, -0.25) is 4.79 Å². The minimum absolute atomic E-state index is 0.00300. The average Bonchev–Trinajstić information content (AvgIpc) is 2.98. The highest BCUT2D eigenvalue weighted by Crippen LogP contribution is 2.38. The van der Waals surface area contributed by atoms with Crippen molar-refractivity contribution in [3.8, 4) is 11.5 Å². The van der Waals surface area contributed by atoms with E-state index in [0.29, 0.717) is 54.2 Å². The first kappa shape index (κ1) is 33.0. The number of carbonyl (C=O) groups is 2. The van der Waals surface area contributed by atoms with Gasteiger partial charge in [-0.1, -0.05) is 17.7 Å². The fourth-order valence-corrected chi connectivity index (χ4v) is 5.31. The molecule has 1 aliphatic rings. The maximum absolute atomic E-state index is 14.6. The lowest BCUT2D eigenvalue weighted by Gasteiger charge is -2.33. The SMILES string of the molecule is COC(=O)[C@H](NCCNC(=O)OC(C)(C)C)[C@H]1CC[C@@H](Oc2cc3c(Nc4cccc(Cl)c4F)ncnc3cc2OC)CC1. The molecule has 4 rings (SSSR count). The first-order chi connectivity index (χ1) is 21.0. The molecule has 11 nitrogen and oxygen atoms in total. The van der Waals surface area contributed by atoms with Crippen molar-refractivity contribution in [2.45, 2.75) is 64.2 Å². The highest BCUT2D eigenvalue weighted by Gasteiger charge is 2.33. The van der Waals surface area contributed by atoms with E-state index in [0.717, 1.165) is 12.8 Å². The molecule has 1 heterocycles. The first-order valence-electron chi connectivity index (χ1n) is 14.5. The molecule has 0 radical (unpaired) electrons. The summed E-state index contributed by atoms with van der Waals surface area (Å²) >= 11 is 5.96. The summed E-state index contributed by atoms with van der Waals surface area (Å²) in [5.74, 6) is 0.494. The zero-order valence-electron chi connectivity index (χ0n) is 25.5. The molecule has 2 aromatic carbocycles. The van der Waals surface area contributed by atoms with E-state index in [1.807, 2.05) is 0 Å². The van der Waals surface area contributed by atoms with Crippen LogP contribution >= 0.6 is 11.6 Å². The maximum atomic E-state index is 14.6. The summed E-state index contributed by atoms with van der Waals surface area (Å²) in [7, 11) is 2.92. The number of nitrogens with one attached hydrogen (secondary N) is 3. The van der Waals surface area contributed by atoms with Crippen LogP contribution in [0.2, 0.25) is 5.02 Å². The third kappa shape index (κ3) is 8.60. The lowest BCUT2D eigenvalue weighted by Crippen LogP contribution is -2.48. The molecule has 1 atom stereocenters. The maximum Gasteiger partial charge on any atom is 0.407 e. The Balaban J connectivity index is 1.40. The Morgan fingerprint density at radius 3 is 2.50 bits per heavy atom. The Morgan fingerprint density at radius 1 is 1.07 bits per heavy atom. The second kappa shape index (κ2) is 14.7. The third-order valence-corrected chi connectivity index (χ3v) is 7.51. The summed E-state index contributed by atoms with van der Waals surface area (Å²) in [5, 5.41) is 9.54. The Morgan fingerprint density at radius 2 is 1.82 bits per heavy atom. The highest BCUT2D eigenvalue weighted by molar-refractivity contribution is 6.31. The number of hydrogen-bond donors (Lipinski definition) is 3. The molecule has 1 fully saturated rings. The Labute approximate surface area is 261 Å². The minimum atomic E-state index is -0.590. The number of fused-ring (bicyclic) bond motifs is 1. The predicted molar refractivity (Wildman–Crippen MR) is 165 cm³/mol. The van der Waals surface area contributed by atoms with Gasteiger partial charge in [0, 0.05) is 24.5 Å². The van der Waals surface area contributed by atoms with E-state index in [9.17, 15) is 14.0 Å². The standard InChI is InChI=1S/C31H39ClFN5O6/c1-31(2,3)44-30(40)35-14-13-34-27(29(39)42-5)18-9-11-19(12-10-18)43-25-15-20-23(16-24(25)41-4)36-17-37-28(20)38-22-8-6-7-21(32)26(22)33/h6-8,15-19,27,34H,9-14H2,1-5H3,(H,35,40)(H,36,37,38)/t18-,19+,27-/m1/s1. The molecular weight excluding hydrogens is 593 g/mol. The third-order valence-electron chi connectivity index (χ3n) is 7.22. The fraction of sp³-hybridized carbons (Fsp3) is 0.484. The molecule has 1 aliphatic carbocycles. The van der Waals surface area contributed by atoms with Gasteiger partial charge in [-0.2, -0.15) is 0 Å². The van der Waals surface area contributed by atoms with Gasteiger partial charge in [-0.25, -0.2) is 19.2 Å². The van der Waals surface area contributed by atoms with Crippen molar-refractivity contribution in [1.82, 2.24) is 20.6 Å². The monoisotopic (exact) mass is 631 g/mol. The van der Waals surface area contributed by atoms with Crippen LogP contribution in [0.5, 0.6) is 11.5 Å². The number of benzene rings is 2. The van der Waals surface area contributed by atoms with Gasteiger partial charge in [0.1, 0.15) is 23.8 Å². The summed E-state index contributed by atoms with van der Waals surface area (Å²) in [6.07, 6.45) is 3.57. The van der Waals surface area contributed by atoms with Crippen molar-refractivity contribution in [1.29, 1.82) is 0 Å². The number of anilines is 2. The summed E-state index contributed by atoms with van der Waals surface area (Å²) in [5.41, 5.74) is 0.182. The lowest BCUT2D eigenvalue weighted by molar-refractivity contribution is -0.145. The summed E-state index contributed by atoms with van der Waals surface area (Å²) in [4.78, 5) is 33.2. The second-order valence-electron chi connectivity index (χ2n) is 11.5. The van der Waals surface area contributed by atoms with Gasteiger partial charge in [0.05, 0.1) is 36.6 Å². The van der Waals surface area contributed by atoms with Crippen LogP contribution < -0.4 is 25.4 Å². The number of hydrogen-bond acceptors (Lipinski definition) is 10. The average molecular weight is 632 g/mol. The van der Waals surface area contributed by atoms with Gasteiger partial charge in [0.25, 0.3) is 0 Å². The number of methoxy groups -OCH3 is 2. The molecule has 3 N–H and O–H groups in total. The van der Waals surface area contributed by atoms with Crippen molar-refractivity contribution < 1.29 is 32.9 Å². The number of carbonyl (C=O) groups excluding carboxylic acids is 2. The number of esters is 1. The second-order valence-corrected chi connectivity index (χ2v) is 11.9. The molecule has 1 amide bonds. The molecule has 0 saturated heterocycles. The lowest BCUT2D eigenvalue weighted by atomic mass is 9.82. The van der Waals surface area contributed by atoms with Crippen LogP contribution in [0.3, 0.4) is 0 Å². The molecule has 3 aromatic rings. The van der Waals surface area contributed by atoms with Crippen molar-refractivity contribution in [3.63, 3.8) is 0 Å². The molecule has 0 aliphatic heterocycles. The Bertz CT molecular complexity index is 1460.